The molecule has 25 heavy (non-hydrogen) atoms. The number of aryl methyl sites for hydroxylation is 2. The smallest absolute Gasteiger partial charge is 0.262 e. The number of halogens is 1. The van der Waals surface area contributed by atoms with Gasteiger partial charge in [0, 0.05) is 28.1 Å². The van der Waals surface area contributed by atoms with Crippen LogP contribution in [0.15, 0.2) is 46.9 Å². The molecule has 1 aromatic heterocycles. The van der Waals surface area contributed by atoms with Gasteiger partial charge in [0.05, 0.1) is 0 Å². The van der Waals surface area contributed by atoms with Gasteiger partial charge in [-0.25, -0.2) is 0 Å². The monoisotopic (exact) mass is 355 g/mol. The number of hydrogen-bond donors (Lipinski definition) is 1. The first kappa shape index (κ1) is 16.0. The number of anilines is 1. The highest BCUT2D eigenvalue weighted by atomic mass is 35.5. The van der Waals surface area contributed by atoms with E-state index in [1.165, 1.54) is 18.4 Å². The van der Waals surface area contributed by atoms with Crippen molar-refractivity contribution in [2.75, 3.05) is 11.9 Å². The lowest BCUT2D eigenvalue weighted by Crippen LogP contribution is -2.20. The van der Waals surface area contributed by atoms with Crippen molar-refractivity contribution in [3.63, 3.8) is 0 Å². The molecule has 1 aliphatic rings. The van der Waals surface area contributed by atoms with Gasteiger partial charge in [-0.05, 0) is 55.7 Å². The molecule has 0 fully saturated rings. The zero-order valence-electron chi connectivity index (χ0n) is 13.7. The van der Waals surface area contributed by atoms with E-state index in [2.05, 4.69) is 5.32 Å². The van der Waals surface area contributed by atoms with E-state index in [1.807, 2.05) is 18.2 Å². The molecule has 3 aromatic rings. The molecule has 4 nitrogen and oxygen atoms in total. The summed E-state index contributed by atoms with van der Waals surface area (Å²) >= 11 is 5.91. The summed E-state index contributed by atoms with van der Waals surface area (Å²) in [5.41, 5.74) is 2.83. The molecule has 1 N–H and O–H groups in total. The maximum Gasteiger partial charge on any atom is 0.262 e. The molecule has 128 valence electrons. The van der Waals surface area contributed by atoms with Crippen LogP contribution in [-0.2, 0) is 17.6 Å². The molecular weight excluding hydrogens is 338 g/mol. The van der Waals surface area contributed by atoms with Crippen LogP contribution in [-0.4, -0.2) is 12.5 Å². The Bertz CT molecular complexity index is 932. The van der Waals surface area contributed by atoms with Crippen LogP contribution < -0.4 is 10.1 Å². The van der Waals surface area contributed by atoms with Crippen molar-refractivity contribution >= 4 is 34.2 Å². The van der Waals surface area contributed by atoms with Crippen molar-refractivity contribution in [2.24, 2.45) is 0 Å². The molecule has 0 radical (unpaired) electrons. The SMILES string of the molecule is O=C(COc1ccc2oc3c(c2c1)CCCC3)Nc1cccc(Cl)c1. The highest BCUT2D eigenvalue weighted by molar-refractivity contribution is 6.30. The first-order valence-corrected chi connectivity index (χ1v) is 8.79. The summed E-state index contributed by atoms with van der Waals surface area (Å²) in [5, 5.41) is 4.45. The van der Waals surface area contributed by atoms with Gasteiger partial charge >= 0.3 is 0 Å². The van der Waals surface area contributed by atoms with Crippen LogP contribution in [0.1, 0.15) is 24.2 Å². The van der Waals surface area contributed by atoms with E-state index in [4.69, 9.17) is 20.8 Å². The summed E-state index contributed by atoms with van der Waals surface area (Å²) in [5.74, 6) is 1.54. The highest BCUT2D eigenvalue weighted by Crippen LogP contribution is 2.33. The fourth-order valence-electron chi connectivity index (χ4n) is 3.24. The molecule has 0 spiro atoms. The van der Waals surface area contributed by atoms with Gasteiger partial charge in [-0.15, -0.1) is 0 Å². The average molecular weight is 356 g/mol. The Morgan fingerprint density at radius 3 is 2.92 bits per heavy atom. The molecule has 0 aliphatic heterocycles. The summed E-state index contributed by atoms with van der Waals surface area (Å²) in [6, 6.07) is 12.7. The second-order valence-corrected chi connectivity index (χ2v) is 6.65. The summed E-state index contributed by atoms with van der Waals surface area (Å²) in [6.45, 7) is -0.0575. The number of furan rings is 1. The molecule has 1 amide bonds. The number of fused-ring (bicyclic) bond motifs is 3. The maximum absolute atomic E-state index is 12.0. The van der Waals surface area contributed by atoms with Gasteiger partial charge in [0.2, 0.25) is 0 Å². The zero-order valence-corrected chi connectivity index (χ0v) is 14.4. The molecule has 0 unspecified atom stereocenters. The minimum atomic E-state index is -0.225. The van der Waals surface area contributed by atoms with E-state index < -0.39 is 0 Å². The number of benzene rings is 2. The fraction of sp³-hybridized carbons (Fsp3) is 0.250. The van der Waals surface area contributed by atoms with Crippen LogP contribution in [0.2, 0.25) is 5.02 Å². The largest absolute Gasteiger partial charge is 0.484 e. The molecule has 4 rings (SSSR count). The minimum absolute atomic E-state index is 0.0575. The Hall–Kier alpha value is -2.46. The lowest BCUT2D eigenvalue weighted by molar-refractivity contribution is -0.118. The predicted octanol–water partition coefficient (Wildman–Crippen LogP) is 4.98. The van der Waals surface area contributed by atoms with Gasteiger partial charge in [0.15, 0.2) is 6.61 Å². The van der Waals surface area contributed by atoms with E-state index in [-0.39, 0.29) is 12.5 Å². The Kier molecular flexibility index (Phi) is 4.36. The van der Waals surface area contributed by atoms with E-state index in [0.717, 1.165) is 29.6 Å². The van der Waals surface area contributed by atoms with Gasteiger partial charge in [-0.2, -0.15) is 0 Å². The van der Waals surface area contributed by atoms with Crippen LogP contribution in [0.25, 0.3) is 11.0 Å². The first-order valence-electron chi connectivity index (χ1n) is 8.41. The molecule has 2 aromatic carbocycles. The standard InChI is InChI=1S/C20H18ClNO3/c21-13-4-3-5-14(10-13)22-20(23)12-24-15-8-9-19-17(11-15)16-6-1-2-7-18(16)25-19/h3-5,8-11H,1-2,6-7,12H2,(H,22,23). The van der Waals surface area contributed by atoms with E-state index in [0.29, 0.717) is 16.5 Å². The van der Waals surface area contributed by atoms with Crippen LogP contribution in [0.3, 0.4) is 0 Å². The first-order chi connectivity index (χ1) is 12.2. The Morgan fingerprint density at radius 2 is 2.04 bits per heavy atom. The predicted molar refractivity (Wildman–Crippen MR) is 98.4 cm³/mol. The van der Waals surface area contributed by atoms with E-state index >= 15 is 0 Å². The average Bonchev–Trinajstić information content (AvgIpc) is 2.98. The zero-order chi connectivity index (χ0) is 17.2. The van der Waals surface area contributed by atoms with Crippen LogP contribution in [0.4, 0.5) is 5.69 Å². The third-order valence-corrected chi connectivity index (χ3v) is 4.64. The molecule has 0 saturated heterocycles. The van der Waals surface area contributed by atoms with E-state index in [9.17, 15) is 4.79 Å². The number of carbonyl (C=O) groups is 1. The van der Waals surface area contributed by atoms with Gasteiger partial charge < -0.3 is 14.5 Å². The Morgan fingerprint density at radius 1 is 1.16 bits per heavy atom. The van der Waals surface area contributed by atoms with Gasteiger partial charge in [0.1, 0.15) is 17.1 Å². The summed E-state index contributed by atoms with van der Waals surface area (Å²) < 4.78 is 11.6. The van der Waals surface area contributed by atoms with Crippen molar-refractivity contribution in [1.29, 1.82) is 0 Å². The highest BCUT2D eigenvalue weighted by Gasteiger charge is 2.18. The number of rotatable bonds is 4. The Labute approximate surface area is 150 Å². The summed E-state index contributed by atoms with van der Waals surface area (Å²) in [6.07, 6.45) is 4.41. The molecule has 0 bridgehead atoms. The lowest BCUT2D eigenvalue weighted by Gasteiger charge is -2.09. The van der Waals surface area contributed by atoms with Gasteiger partial charge in [0.25, 0.3) is 5.91 Å². The molecule has 0 atom stereocenters. The van der Waals surface area contributed by atoms with Gasteiger partial charge in [-0.1, -0.05) is 17.7 Å². The minimum Gasteiger partial charge on any atom is -0.484 e. The maximum atomic E-state index is 12.0. The van der Waals surface area contributed by atoms with Crippen molar-refractivity contribution in [3.8, 4) is 5.75 Å². The van der Waals surface area contributed by atoms with Crippen molar-refractivity contribution in [1.82, 2.24) is 0 Å². The topological polar surface area (TPSA) is 51.5 Å². The van der Waals surface area contributed by atoms with Crippen LogP contribution in [0, 0.1) is 0 Å². The molecule has 5 heteroatoms. The van der Waals surface area contributed by atoms with Crippen molar-refractivity contribution < 1.29 is 13.9 Å². The number of hydrogen-bond acceptors (Lipinski definition) is 3. The van der Waals surface area contributed by atoms with Crippen LogP contribution in [0.5, 0.6) is 5.75 Å². The molecule has 1 aliphatic carbocycles. The van der Waals surface area contributed by atoms with E-state index in [1.54, 1.807) is 24.3 Å². The second-order valence-electron chi connectivity index (χ2n) is 6.22. The molecular formula is C20H18ClNO3. The Balaban J connectivity index is 1.44. The van der Waals surface area contributed by atoms with Crippen molar-refractivity contribution in [2.45, 2.75) is 25.7 Å². The third-order valence-electron chi connectivity index (χ3n) is 4.40. The second kappa shape index (κ2) is 6.81. The van der Waals surface area contributed by atoms with Crippen molar-refractivity contribution in [3.05, 3.63) is 58.8 Å². The summed E-state index contributed by atoms with van der Waals surface area (Å²) in [4.78, 5) is 12.0. The number of ether oxygens (including phenoxy) is 1. The third kappa shape index (κ3) is 3.49. The van der Waals surface area contributed by atoms with Gasteiger partial charge in [-0.3, -0.25) is 4.79 Å². The number of carbonyl (C=O) groups excluding carboxylic acids is 1. The summed E-state index contributed by atoms with van der Waals surface area (Å²) in [7, 11) is 0. The number of amides is 1. The molecule has 0 saturated carbocycles. The lowest BCUT2D eigenvalue weighted by atomic mass is 9.96. The molecule has 1 heterocycles. The number of nitrogens with one attached hydrogen (secondary N) is 1. The normalized spacial score (nSPS) is 13.5. The quantitative estimate of drug-likeness (QED) is 0.717. The fourth-order valence-corrected chi connectivity index (χ4v) is 3.43. The van der Waals surface area contributed by atoms with Crippen LogP contribution >= 0.6 is 11.6 Å².